The van der Waals surface area contributed by atoms with Crippen LogP contribution in [0.1, 0.15) is 12.8 Å². The zero-order valence-corrected chi connectivity index (χ0v) is 9.28. The molecule has 1 saturated heterocycles. The Labute approximate surface area is 95.5 Å². The summed E-state index contributed by atoms with van der Waals surface area (Å²) in [5.74, 6) is 0.731. The molecule has 0 aromatic carbocycles. The number of carbonyl (C=O) groups excluding carboxylic acids is 1. The molecule has 84 valence electrons. The number of amides is 1. The van der Waals surface area contributed by atoms with Gasteiger partial charge in [-0.1, -0.05) is 24.3 Å². The lowest BCUT2D eigenvalue weighted by Gasteiger charge is -2.31. The van der Waals surface area contributed by atoms with Crippen LogP contribution in [-0.4, -0.2) is 30.4 Å². The third-order valence-corrected chi connectivity index (χ3v) is 3.56. The molecule has 3 nitrogen and oxygen atoms in total. The fourth-order valence-corrected chi connectivity index (χ4v) is 2.72. The van der Waals surface area contributed by atoms with Gasteiger partial charge in [-0.05, 0) is 12.0 Å². The van der Waals surface area contributed by atoms with E-state index >= 15 is 0 Å². The van der Waals surface area contributed by atoms with E-state index in [0.717, 1.165) is 26.1 Å². The second kappa shape index (κ2) is 3.91. The van der Waals surface area contributed by atoms with Gasteiger partial charge in [0.2, 0.25) is 5.91 Å². The zero-order valence-electron chi connectivity index (χ0n) is 9.28. The molecular formula is C13H16N2O. The van der Waals surface area contributed by atoms with Crippen molar-refractivity contribution in [3.05, 3.63) is 35.6 Å². The van der Waals surface area contributed by atoms with Crippen LogP contribution in [0.4, 0.5) is 0 Å². The van der Waals surface area contributed by atoms with Gasteiger partial charge in [0.15, 0.2) is 0 Å². The lowest BCUT2D eigenvalue weighted by Crippen LogP contribution is -2.44. The number of carbonyl (C=O) groups is 1. The molecule has 1 fully saturated rings. The maximum absolute atomic E-state index is 12.0. The van der Waals surface area contributed by atoms with E-state index in [1.807, 2.05) is 4.90 Å². The fourth-order valence-electron chi connectivity index (χ4n) is 2.72. The molecule has 1 amide bonds. The second-order valence-electron chi connectivity index (χ2n) is 4.51. The molecule has 3 aliphatic rings. The van der Waals surface area contributed by atoms with Gasteiger partial charge in [0.05, 0.1) is 0 Å². The molecule has 3 heteroatoms. The highest BCUT2D eigenvalue weighted by Gasteiger charge is 2.29. The Morgan fingerprint density at radius 1 is 1.38 bits per heavy atom. The molecule has 0 radical (unpaired) electrons. The lowest BCUT2D eigenvalue weighted by atomic mass is 9.90. The number of hydrogen-bond acceptors (Lipinski definition) is 2. The average Bonchev–Trinajstić information content (AvgIpc) is 2.49. The van der Waals surface area contributed by atoms with Crippen LogP contribution in [0.25, 0.3) is 0 Å². The van der Waals surface area contributed by atoms with E-state index in [9.17, 15) is 4.79 Å². The van der Waals surface area contributed by atoms with Crippen molar-refractivity contribution in [2.45, 2.75) is 12.8 Å². The molecule has 1 atom stereocenters. The predicted molar refractivity (Wildman–Crippen MR) is 62.6 cm³/mol. The minimum absolute atomic E-state index is 0.292. The smallest absolute Gasteiger partial charge is 0.226 e. The van der Waals surface area contributed by atoms with Crippen molar-refractivity contribution in [1.82, 2.24) is 10.2 Å². The van der Waals surface area contributed by atoms with Crippen molar-refractivity contribution < 1.29 is 4.79 Å². The quantitative estimate of drug-likeness (QED) is 0.660. The Balaban J connectivity index is 2.05. The van der Waals surface area contributed by atoms with Crippen molar-refractivity contribution in [3.63, 3.8) is 0 Å². The van der Waals surface area contributed by atoms with Gasteiger partial charge >= 0.3 is 0 Å². The summed E-state index contributed by atoms with van der Waals surface area (Å²) in [5, 5.41) is 3.36. The molecule has 16 heavy (non-hydrogen) atoms. The van der Waals surface area contributed by atoms with Gasteiger partial charge in [0, 0.05) is 37.7 Å². The standard InChI is InChI=1S/C13H16N2O/c16-13-6-5-10-3-1-2-4-11(10)12-9-14-7-8-15(12)13/h1-4,10,14H,5-9H2. The topological polar surface area (TPSA) is 32.3 Å². The van der Waals surface area contributed by atoms with Gasteiger partial charge in [-0.3, -0.25) is 4.79 Å². The van der Waals surface area contributed by atoms with Crippen molar-refractivity contribution in [1.29, 1.82) is 0 Å². The van der Waals surface area contributed by atoms with Crippen LogP contribution in [0.3, 0.4) is 0 Å². The summed E-state index contributed by atoms with van der Waals surface area (Å²) in [6.07, 6.45) is 10.2. The monoisotopic (exact) mass is 216 g/mol. The highest BCUT2D eigenvalue weighted by atomic mass is 16.2. The number of nitrogens with one attached hydrogen (secondary N) is 1. The van der Waals surface area contributed by atoms with Crippen molar-refractivity contribution >= 4 is 5.91 Å². The Morgan fingerprint density at radius 2 is 2.31 bits per heavy atom. The normalized spacial score (nSPS) is 28.9. The minimum Gasteiger partial charge on any atom is -0.313 e. The number of nitrogens with zero attached hydrogens (tertiary/aromatic N) is 1. The molecule has 0 aromatic rings. The predicted octanol–water partition coefficient (Wildman–Crippen LogP) is 1.21. The SMILES string of the molecule is O=C1CCC2C=CC=CC2=C2CNCCN12. The summed E-state index contributed by atoms with van der Waals surface area (Å²) in [6, 6.07) is 0. The second-order valence-corrected chi connectivity index (χ2v) is 4.51. The molecule has 1 unspecified atom stereocenters. The van der Waals surface area contributed by atoms with Crippen LogP contribution >= 0.6 is 0 Å². The summed E-state index contributed by atoms with van der Waals surface area (Å²) in [6.45, 7) is 2.56. The summed E-state index contributed by atoms with van der Waals surface area (Å²) in [5.41, 5.74) is 2.53. The lowest BCUT2D eigenvalue weighted by molar-refractivity contribution is -0.129. The van der Waals surface area contributed by atoms with Gasteiger partial charge in [0.1, 0.15) is 0 Å². The molecule has 0 saturated carbocycles. The highest BCUT2D eigenvalue weighted by Crippen LogP contribution is 2.32. The Morgan fingerprint density at radius 3 is 3.25 bits per heavy atom. The maximum atomic E-state index is 12.0. The first-order valence-corrected chi connectivity index (χ1v) is 5.95. The molecule has 1 aliphatic carbocycles. The van der Waals surface area contributed by atoms with Crippen molar-refractivity contribution in [2.24, 2.45) is 5.92 Å². The van der Waals surface area contributed by atoms with E-state index < -0.39 is 0 Å². The fraction of sp³-hybridized carbons (Fsp3) is 0.462. The van der Waals surface area contributed by atoms with Crippen LogP contribution in [-0.2, 0) is 4.79 Å². The third kappa shape index (κ3) is 1.52. The van der Waals surface area contributed by atoms with E-state index in [1.54, 1.807) is 0 Å². The summed E-state index contributed by atoms with van der Waals surface area (Å²) < 4.78 is 0. The van der Waals surface area contributed by atoms with Crippen LogP contribution < -0.4 is 5.32 Å². The summed E-state index contributed by atoms with van der Waals surface area (Å²) in [7, 11) is 0. The van der Waals surface area contributed by atoms with E-state index in [4.69, 9.17) is 0 Å². The van der Waals surface area contributed by atoms with Crippen LogP contribution in [0.15, 0.2) is 35.6 Å². The number of hydrogen-bond donors (Lipinski definition) is 1. The minimum atomic E-state index is 0.292. The van der Waals surface area contributed by atoms with Crippen molar-refractivity contribution in [3.8, 4) is 0 Å². The van der Waals surface area contributed by atoms with E-state index in [0.29, 0.717) is 18.2 Å². The molecule has 3 rings (SSSR count). The first-order valence-electron chi connectivity index (χ1n) is 5.95. The Kier molecular flexibility index (Phi) is 2.40. The zero-order chi connectivity index (χ0) is 11.0. The highest BCUT2D eigenvalue weighted by molar-refractivity contribution is 5.79. The van der Waals surface area contributed by atoms with Gasteiger partial charge in [-0.2, -0.15) is 0 Å². The molecule has 1 N–H and O–H groups in total. The van der Waals surface area contributed by atoms with Gasteiger partial charge in [0.25, 0.3) is 0 Å². The van der Waals surface area contributed by atoms with Gasteiger partial charge in [-0.15, -0.1) is 0 Å². The third-order valence-electron chi connectivity index (χ3n) is 3.56. The van der Waals surface area contributed by atoms with Crippen LogP contribution in [0, 0.1) is 5.92 Å². The number of piperazine rings is 1. The average molecular weight is 216 g/mol. The Bertz CT molecular complexity index is 406. The number of fused-ring (bicyclic) bond motifs is 2. The molecular weight excluding hydrogens is 200 g/mol. The molecule has 0 spiro atoms. The Hall–Kier alpha value is -1.35. The van der Waals surface area contributed by atoms with E-state index in [1.165, 1.54) is 11.3 Å². The maximum Gasteiger partial charge on any atom is 0.226 e. The molecule has 2 heterocycles. The summed E-state index contributed by atoms with van der Waals surface area (Å²) >= 11 is 0. The molecule has 2 aliphatic heterocycles. The van der Waals surface area contributed by atoms with Crippen molar-refractivity contribution in [2.75, 3.05) is 19.6 Å². The van der Waals surface area contributed by atoms with Crippen LogP contribution in [0.5, 0.6) is 0 Å². The van der Waals surface area contributed by atoms with E-state index in [2.05, 4.69) is 29.6 Å². The van der Waals surface area contributed by atoms with Gasteiger partial charge in [-0.25, -0.2) is 0 Å². The number of allylic oxidation sites excluding steroid dienone is 5. The molecule has 0 bridgehead atoms. The van der Waals surface area contributed by atoms with Gasteiger partial charge < -0.3 is 10.2 Å². The first kappa shape index (κ1) is 9.85. The first-order chi connectivity index (χ1) is 7.86. The van der Waals surface area contributed by atoms with E-state index in [-0.39, 0.29) is 0 Å². The molecule has 0 aromatic heterocycles. The summed E-state index contributed by atoms with van der Waals surface area (Å²) in [4.78, 5) is 14.0. The van der Waals surface area contributed by atoms with Crippen LogP contribution in [0.2, 0.25) is 0 Å². The number of rotatable bonds is 0. The largest absolute Gasteiger partial charge is 0.313 e.